The molecule has 0 radical (unpaired) electrons. The maximum atomic E-state index is 10.6. The molecule has 1 saturated heterocycles. The zero-order chi connectivity index (χ0) is 20.8. The first-order chi connectivity index (χ1) is 14.0. The van der Waals surface area contributed by atoms with Gasteiger partial charge in [0.15, 0.2) is 0 Å². The van der Waals surface area contributed by atoms with Gasteiger partial charge in [-0.15, -0.1) is 0 Å². The third-order valence-electron chi connectivity index (χ3n) is 6.74. The van der Waals surface area contributed by atoms with Crippen molar-refractivity contribution < 1.29 is 14.6 Å². The highest BCUT2D eigenvalue weighted by atomic mass is 16.5. The zero-order valence-electron chi connectivity index (χ0n) is 18.7. The standard InChI is InChI=1S/C24H40N2O3/c1-18(2)23-10-5-19(3)15-24(23)29-17-21(27)16-25-11-13-26(14-12-25)20-6-8-22(28-4)9-7-20/h6-9,18-19,21,23-24,27H,5,10-17H2,1-4H3/t19-,21+,23+,24-/m1/s1. The van der Waals surface area contributed by atoms with E-state index in [4.69, 9.17) is 9.47 Å². The molecule has 0 bridgehead atoms. The number of rotatable bonds is 8. The van der Waals surface area contributed by atoms with Crippen LogP contribution in [-0.4, -0.2) is 68.7 Å². The van der Waals surface area contributed by atoms with Gasteiger partial charge in [-0.05, 0) is 54.9 Å². The third kappa shape index (κ3) is 6.34. The molecular formula is C24H40N2O3. The summed E-state index contributed by atoms with van der Waals surface area (Å²) in [6.07, 6.45) is 3.60. The summed E-state index contributed by atoms with van der Waals surface area (Å²) in [5.74, 6) is 2.91. The van der Waals surface area contributed by atoms with Gasteiger partial charge in [-0.3, -0.25) is 4.90 Å². The van der Waals surface area contributed by atoms with Crippen molar-refractivity contribution >= 4 is 5.69 Å². The summed E-state index contributed by atoms with van der Waals surface area (Å²) >= 11 is 0. The van der Waals surface area contributed by atoms with Crippen molar-refractivity contribution in [3.8, 4) is 5.75 Å². The highest BCUT2D eigenvalue weighted by Gasteiger charge is 2.32. The van der Waals surface area contributed by atoms with Gasteiger partial charge in [0.1, 0.15) is 5.75 Å². The Labute approximate surface area is 177 Å². The molecule has 3 rings (SSSR count). The van der Waals surface area contributed by atoms with Gasteiger partial charge in [0.25, 0.3) is 0 Å². The number of nitrogens with zero attached hydrogens (tertiary/aromatic N) is 2. The SMILES string of the molecule is COc1ccc(N2CCN(C[C@H](O)CO[C@@H]3C[C@H](C)CC[C@H]3C(C)C)CC2)cc1. The van der Waals surface area contributed by atoms with E-state index in [1.807, 2.05) is 12.1 Å². The van der Waals surface area contributed by atoms with Gasteiger partial charge < -0.3 is 19.5 Å². The minimum atomic E-state index is -0.410. The van der Waals surface area contributed by atoms with E-state index in [1.54, 1.807) is 7.11 Å². The molecular weight excluding hydrogens is 364 g/mol. The van der Waals surface area contributed by atoms with Gasteiger partial charge in [-0.25, -0.2) is 0 Å². The molecule has 1 aromatic rings. The minimum Gasteiger partial charge on any atom is -0.497 e. The van der Waals surface area contributed by atoms with E-state index in [0.29, 0.717) is 31.1 Å². The molecule has 2 aliphatic rings. The van der Waals surface area contributed by atoms with Crippen LogP contribution in [0.25, 0.3) is 0 Å². The van der Waals surface area contributed by atoms with E-state index in [0.717, 1.165) is 44.3 Å². The summed E-state index contributed by atoms with van der Waals surface area (Å²) in [4.78, 5) is 4.76. The van der Waals surface area contributed by atoms with E-state index in [1.165, 1.54) is 18.5 Å². The molecule has 1 aromatic carbocycles. The summed E-state index contributed by atoms with van der Waals surface area (Å²) in [7, 11) is 1.70. The molecule has 5 nitrogen and oxygen atoms in total. The molecule has 0 spiro atoms. The van der Waals surface area contributed by atoms with E-state index in [2.05, 4.69) is 42.7 Å². The fourth-order valence-corrected chi connectivity index (χ4v) is 4.87. The van der Waals surface area contributed by atoms with Gasteiger partial charge in [0.2, 0.25) is 0 Å². The molecule has 1 aliphatic carbocycles. The predicted octanol–water partition coefficient (Wildman–Crippen LogP) is 3.66. The van der Waals surface area contributed by atoms with Crippen LogP contribution in [0.4, 0.5) is 5.69 Å². The van der Waals surface area contributed by atoms with Crippen molar-refractivity contribution in [3.05, 3.63) is 24.3 Å². The number of aliphatic hydroxyl groups excluding tert-OH is 1. The van der Waals surface area contributed by atoms with Crippen LogP contribution in [0.2, 0.25) is 0 Å². The number of methoxy groups -OCH3 is 1. The fraction of sp³-hybridized carbons (Fsp3) is 0.750. The topological polar surface area (TPSA) is 45.2 Å². The second kappa shape index (κ2) is 10.6. The summed E-state index contributed by atoms with van der Waals surface area (Å²) in [6, 6.07) is 8.26. The van der Waals surface area contributed by atoms with Crippen LogP contribution in [0.5, 0.6) is 5.75 Å². The van der Waals surface area contributed by atoms with Crippen LogP contribution in [0, 0.1) is 17.8 Å². The molecule has 0 amide bonds. The maximum absolute atomic E-state index is 10.6. The Morgan fingerprint density at radius 3 is 2.38 bits per heavy atom. The Hall–Kier alpha value is -1.30. The highest BCUT2D eigenvalue weighted by molar-refractivity contribution is 5.49. The van der Waals surface area contributed by atoms with E-state index < -0.39 is 6.10 Å². The van der Waals surface area contributed by atoms with Crippen molar-refractivity contribution in [1.82, 2.24) is 4.90 Å². The molecule has 2 fully saturated rings. The van der Waals surface area contributed by atoms with Crippen molar-refractivity contribution in [2.75, 3.05) is 51.3 Å². The number of aliphatic hydroxyl groups is 1. The number of hydrogen-bond acceptors (Lipinski definition) is 5. The summed E-state index contributed by atoms with van der Waals surface area (Å²) < 4.78 is 11.5. The Morgan fingerprint density at radius 1 is 1.07 bits per heavy atom. The highest BCUT2D eigenvalue weighted by Crippen LogP contribution is 2.35. The molecule has 1 N–H and O–H groups in total. The third-order valence-corrected chi connectivity index (χ3v) is 6.74. The number of hydrogen-bond donors (Lipinski definition) is 1. The Morgan fingerprint density at radius 2 is 1.76 bits per heavy atom. The summed E-state index contributed by atoms with van der Waals surface area (Å²) in [5, 5.41) is 10.6. The molecule has 1 heterocycles. The minimum absolute atomic E-state index is 0.306. The van der Waals surface area contributed by atoms with E-state index >= 15 is 0 Å². The number of benzene rings is 1. The van der Waals surface area contributed by atoms with Crippen molar-refractivity contribution in [2.45, 2.75) is 52.2 Å². The predicted molar refractivity (Wildman–Crippen MR) is 119 cm³/mol. The molecule has 0 aromatic heterocycles. The lowest BCUT2D eigenvalue weighted by molar-refractivity contribution is -0.0740. The van der Waals surface area contributed by atoms with Crippen molar-refractivity contribution in [3.63, 3.8) is 0 Å². The second-order valence-electron chi connectivity index (χ2n) is 9.34. The Bertz CT molecular complexity index is 599. The van der Waals surface area contributed by atoms with Crippen LogP contribution < -0.4 is 9.64 Å². The lowest BCUT2D eigenvalue weighted by Crippen LogP contribution is -2.49. The largest absolute Gasteiger partial charge is 0.497 e. The number of β-amino-alcohol motifs (C(OH)–C–C–N with tert-alkyl or cyclic N) is 1. The molecule has 1 saturated carbocycles. The lowest BCUT2D eigenvalue weighted by atomic mass is 9.75. The average molecular weight is 405 g/mol. The second-order valence-corrected chi connectivity index (χ2v) is 9.34. The quantitative estimate of drug-likeness (QED) is 0.716. The van der Waals surface area contributed by atoms with Crippen molar-refractivity contribution in [2.24, 2.45) is 17.8 Å². The first-order valence-electron chi connectivity index (χ1n) is 11.4. The summed E-state index contributed by atoms with van der Waals surface area (Å²) in [6.45, 7) is 12.0. The maximum Gasteiger partial charge on any atom is 0.119 e. The number of ether oxygens (including phenoxy) is 2. The van der Waals surface area contributed by atoms with Gasteiger partial charge in [-0.2, -0.15) is 0 Å². The summed E-state index contributed by atoms with van der Waals surface area (Å²) in [5.41, 5.74) is 1.24. The first kappa shape index (κ1) is 22.4. The van der Waals surface area contributed by atoms with E-state index in [-0.39, 0.29) is 0 Å². The van der Waals surface area contributed by atoms with Crippen molar-refractivity contribution in [1.29, 1.82) is 0 Å². The first-order valence-corrected chi connectivity index (χ1v) is 11.4. The Balaban J connectivity index is 1.40. The fourth-order valence-electron chi connectivity index (χ4n) is 4.87. The normalized spacial score (nSPS) is 27.2. The smallest absolute Gasteiger partial charge is 0.119 e. The molecule has 1 aliphatic heterocycles. The van der Waals surface area contributed by atoms with Gasteiger partial charge in [0, 0.05) is 38.4 Å². The molecule has 0 unspecified atom stereocenters. The van der Waals surface area contributed by atoms with Gasteiger partial charge in [-0.1, -0.05) is 27.2 Å². The number of anilines is 1. The van der Waals surface area contributed by atoms with Crippen LogP contribution in [0.1, 0.15) is 40.0 Å². The van der Waals surface area contributed by atoms with Crippen LogP contribution in [0.15, 0.2) is 24.3 Å². The number of piperazine rings is 1. The monoisotopic (exact) mass is 404 g/mol. The molecule has 164 valence electrons. The zero-order valence-corrected chi connectivity index (χ0v) is 18.7. The van der Waals surface area contributed by atoms with Gasteiger partial charge >= 0.3 is 0 Å². The van der Waals surface area contributed by atoms with Crippen LogP contribution in [0.3, 0.4) is 0 Å². The molecule has 29 heavy (non-hydrogen) atoms. The average Bonchev–Trinajstić information content (AvgIpc) is 2.73. The molecule has 5 heteroatoms. The Kier molecular flexibility index (Phi) is 8.22. The lowest BCUT2D eigenvalue weighted by Gasteiger charge is -2.39. The molecule has 4 atom stereocenters. The van der Waals surface area contributed by atoms with Gasteiger partial charge in [0.05, 0.1) is 25.9 Å². The van der Waals surface area contributed by atoms with Crippen LogP contribution >= 0.6 is 0 Å². The van der Waals surface area contributed by atoms with Crippen LogP contribution in [-0.2, 0) is 4.74 Å². The van der Waals surface area contributed by atoms with E-state index in [9.17, 15) is 5.11 Å².